The van der Waals surface area contributed by atoms with Gasteiger partial charge in [0, 0.05) is 19.8 Å². The molecule has 0 fully saturated rings. The van der Waals surface area contributed by atoms with Crippen LogP contribution in [0.3, 0.4) is 0 Å². The smallest absolute Gasteiger partial charge is 0.326 e. The standard InChI is InChI=1S/C8H11F3N2/c1-3-7(8(9,10)11)6(4-12)5-13-2/h3,5H,1,4,12H2,2H3/b7-6+,13-5?. The molecule has 0 amide bonds. The van der Waals surface area contributed by atoms with Crippen LogP contribution in [0.25, 0.3) is 0 Å². The van der Waals surface area contributed by atoms with Crippen molar-refractivity contribution >= 4 is 6.21 Å². The van der Waals surface area contributed by atoms with Crippen molar-refractivity contribution in [3.63, 3.8) is 0 Å². The number of nitrogens with zero attached hydrogens (tertiary/aromatic N) is 1. The molecule has 0 unspecified atom stereocenters. The van der Waals surface area contributed by atoms with Crippen molar-refractivity contribution in [2.45, 2.75) is 6.18 Å². The summed E-state index contributed by atoms with van der Waals surface area (Å²) in [4.78, 5) is 3.48. The van der Waals surface area contributed by atoms with Gasteiger partial charge in [0.05, 0.1) is 5.57 Å². The highest BCUT2D eigenvalue weighted by molar-refractivity contribution is 5.81. The van der Waals surface area contributed by atoms with Gasteiger partial charge in [-0.25, -0.2) is 0 Å². The molecule has 0 bridgehead atoms. The minimum absolute atomic E-state index is 0.0648. The van der Waals surface area contributed by atoms with E-state index in [2.05, 4.69) is 11.6 Å². The number of nitrogens with two attached hydrogens (primary N) is 1. The van der Waals surface area contributed by atoms with Gasteiger partial charge in [-0.2, -0.15) is 13.2 Å². The van der Waals surface area contributed by atoms with E-state index in [9.17, 15) is 13.2 Å². The maximum atomic E-state index is 12.2. The first-order valence-corrected chi connectivity index (χ1v) is 3.52. The Morgan fingerprint density at radius 2 is 2.08 bits per heavy atom. The highest BCUT2D eigenvalue weighted by Crippen LogP contribution is 2.28. The molecule has 0 aromatic rings. The van der Waals surface area contributed by atoms with E-state index < -0.39 is 11.7 Å². The maximum absolute atomic E-state index is 12.2. The summed E-state index contributed by atoms with van der Waals surface area (Å²) in [5, 5.41) is 0. The molecule has 0 heterocycles. The highest BCUT2D eigenvalue weighted by Gasteiger charge is 2.33. The van der Waals surface area contributed by atoms with Crippen molar-refractivity contribution in [2.24, 2.45) is 10.7 Å². The summed E-state index contributed by atoms with van der Waals surface area (Å²) >= 11 is 0. The van der Waals surface area contributed by atoms with Crippen LogP contribution >= 0.6 is 0 Å². The first kappa shape index (κ1) is 11.9. The van der Waals surface area contributed by atoms with Crippen LogP contribution in [0.4, 0.5) is 13.2 Å². The molecule has 13 heavy (non-hydrogen) atoms. The Labute approximate surface area is 74.6 Å². The number of hydrogen-bond donors (Lipinski definition) is 1. The summed E-state index contributed by atoms with van der Waals surface area (Å²) in [5.41, 5.74) is 4.24. The summed E-state index contributed by atoms with van der Waals surface area (Å²) < 4.78 is 36.7. The predicted molar refractivity (Wildman–Crippen MR) is 46.7 cm³/mol. The Bertz CT molecular complexity index is 238. The van der Waals surface area contributed by atoms with Crippen molar-refractivity contribution in [3.8, 4) is 0 Å². The van der Waals surface area contributed by atoms with Crippen LogP contribution in [0.15, 0.2) is 28.8 Å². The monoisotopic (exact) mass is 192 g/mol. The van der Waals surface area contributed by atoms with E-state index in [0.29, 0.717) is 0 Å². The molecule has 0 aromatic heterocycles. The normalized spacial score (nSPS) is 14.5. The molecule has 0 saturated carbocycles. The van der Waals surface area contributed by atoms with Gasteiger partial charge >= 0.3 is 6.18 Å². The maximum Gasteiger partial charge on any atom is 0.416 e. The Hall–Kier alpha value is -1.10. The molecule has 0 radical (unpaired) electrons. The Morgan fingerprint density at radius 1 is 1.54 bits per heavy atom. The zero-order chi connectivity index (χ0) is 10.5. The highest BCUT2D eigenvalue weighted by atomic mass is 19.4. The van der Waals surface area contributed by atoms with E-state index in [4.69, 9.17) is 5.73 Å². The van der Waals surface area contributed by atoms with Crippen LogP contribution in [0.2, 0.25) is 0 Å². The summed E-state index contributed by atoms with van der Waals surface area (Å²) in [6.45, 7) is 2.87. The van der Waals surface area contributed by atoms with Crippen LogP contribution < -0.4 is 5.73 Å². The fourth-order valence-corrected chi connectivity index (χ4v) is 0.817. The molecule has 0 spiro atoms. The van der Waals surface area contributed by atoms with Crippen LogP contribution in [0.1, 0.15) is 0 Å². The molecule has 2 N–H and O–H groups in total. The first-order valence-electron chi connectivity index (χ1n) is 3.52. The van der Waals surface area contributed by atoms with Crippen molar-refractivity contribution in [2.75, 3.05) is 13.6 Å². The molecular formula is C8H11F3N2. The van der Waals surface area contributed by atoms with Crippen LogP contribution in [-0.4, -0.2) is 26.0 Å². The van der Waals surface area contributed by atoms with Gasteiger partial charge in [0.15, 0.2) is 0 Å². The van der Waals surface area contributed by atoms with E-state index in [1.807, 2.05) is 0 Å². The topological polar surface area (TPSA) is 38.4 Å². The second kappa shape index (κ2) is 4.81. The van der Waals surface area contributed by atoms with Gasteiger partial charge in [0.25, 0.3) is 0 Å². The lowest BCUT2D eigenvalue weighted by Crippen LogP contribution is -2.17. The van der Waals surface area contributed by atoms with Crippen molar-refractivity contribution in [1.29, 1.82) is 0 Å². The SMILES string of the molecule is C=C/C(=C(\C=NC)CN)C(F)(F)F. The molecule has 2 nitrogen and oxygen atoms in total. The lowest BCUT2D eigenvalue weighted by molar-refractivity contribution is -0.0886. The Kier molecular flexibility index (Phi) is 4.40. The Balaban J connectivity index is 5.18. The third-order valence-corrected chi connectivity index (χ3v) is 1.36. The largest absolute Gasteiger partial charge is 0.416 e. The van der Waals surface area contributed by atoms with Crippen LogP contribution in [-0.2, 0) is 0 Å². The van der Waals surface area contributed by atoms with Crippen molar-refractivity contribution in [3.05, 3.63) is 23.8 Å². The van der Waals surface area contributed by atoms with Gasteiger partial charge in [-0.1, -0.05) is 12.7 Å². The van der Waals surface area contributed by atoms with E-state index in [-0.39, 0.29) is 12.1 Å². The van der Waals surface area contributed by atoms with E-state index in [1.54, 1.807) is 0 Å². The third kappa shape index (κ3) is 3.42. The molecule has 0 aliphatic heterocycles. The van der Waals surface area contributed by atoms with E-state index in [0.717, 1.165) is 12.3 Å². The van der Waals surface area contributed by atoms with Crippen molar-refractivity contribution in [1.82, 2.24) is 0 Å². The second-order valence-corrected chi connectivity index (χ2v) is 2.23. The molecule has 0 aromatic carbocycles. The Morgan fingerprint density at radius 3 is 2.31 bits per heavy atom. The fraction of sp³-hybridized carbons (Fsp3) is 0.375. The number of alkyl halides is 3. The minimum atomic E-state index is -4.42. The lowest BCUT2D eigenvalue weighted by Gasteiger charge is -2.10. The number of halogens is 3. The number of aliphatic imine (C=N–C) groups is 1. The van der Waals surface area contributed by atoms with Crippen LogP contribution in [0.5, 0.6) is 0 Å². The molecule has 5 heteroatoms. The molecule has 74 valence electrons. The van der Waals surface area contributed by atoms with E-state index >= 15 is 0 Å². The molecule has 0 atom stereocenters. The van der Waals surface area contributed by atoms with Crippen LogP contribution in [0, 0.1) is 0 Å². The minimum Gasteiger partial charge on any atom is -0.326 e. The number of allylic oxidation sites excluding steroid dienone is 2. The first-order chi connectivity index (χ1) is 5.97. The lowest BCUT2D eigenvalue weighted by atomic mass is 10.1. The quantitative estimate of drug-likeness (QED) is 0.536. The van der Waals surface area contributed by atoms with Gasteiger partial charge < -0.3 is 5.73 Å². The second-order valence-electron chi connectivity index (χ2n) is 2.23. The summed E-state index contributed by atoms with van der Waals surface area (Å²) in [5.74, 6) is 0. The summed E-state index contributed by atoms with van der Waals surface area (Å²) in [7, 11) is 1.38. The summed E-state index contributed by atoms with van der Waals surface area (Å²) in [6, 6.07) is 0. The van der Waals surface area contributed by atoms with Gasteiger partial charge in [0.2, 0.25) is 0 Å². The number of rotatable bonds is 3. The average Bonchev–Trinajstić information content (AvgIpc) is 2.01. The third-order valence-electron chi connectivity index (χ3n) is 1.36. The van der Waals surface area contributed by atoms with Gasteiger partial charge in [-0.15, -0.1) is 0 Å². The molecule has 0 saturated heterocycles. The van der Waals surface area contributed by atoms with E-state index in [1.165, 1.54) is 7.05 Å². The molecule has 0 aliphatic rings. The fourth-order valence-electron chi connectivity index (χ4n) is 0.817. The predicted octanol–water partition coefficient (Wildman–Crippen LogP) is 1.69. The van der Waals surface area contributed by atoms with Gasteiger partial charge in [-0.05, 0) is 5.57 Å². The zero-order valence-corrected chi connectivity index (χ0v) is 7.23. The molecule has 0 rings (SSSR count). The van der Waals surface area contributed by atoms with Gasteiger partial charge in [-0.3, -0.25) is 4.99 Å². The molecule has 0 aliphatic carbocycles. The number of hydrogen-bond acceptors (Lipinski definition) is 2. The molecular weight excluding hydrogens is 181 g/mol. The van der Waals surface area contributed by atoms with Gasteiger partial charge in [0.1, 0.15) is 0 Å². The van der Waals surface area contributed by atoms with Crippen molar-refractivity contribution < 1.29 is 13.2 Å². The summed E-state index contributed by atoms with van der Waals surface area (Å²) in [6.07, 6.45) is -2.59. The average molecular weight is 192 g/mol. The zero-order valence-electron chi connectivity index (χ0n) is 7.23.